The van der Waals surface area contributed by atoms with Crippen molar-refractivity contribution in [2.24, 2.45) is 5.92 Å². The molecule has 1 amide bonds. The van der Waals surface area contributed by atoms with E-state index in [0.717, 1.165) is 17.2 Å². The van der Waals surface area contributed by atoms with Crippen molar-refractivity contribution in [3.05, 3.63) is 65.2 Å². The van der Waals surface area contributed by atoms with Crippen LogP contribution in [0.2, 0.25) is 0 Å². The first-order valence-electron chi connectivity index (χ1n) is 9.04. The lowest BCUT2D eigenvalue weighted by Crippen LogP contribution is -2.42. The third-order valence-corrected chi connectivity index (χ3v) is 6.83. The number of hydrogen-bond acceptors (Lipinski definition) is 3. The lowest BCUT2D eigenvalue weighted by molar-refractivity contribution is -0.120. The van der Waals surface area contributed by atoms with Crippen molar-refractivity contribution in [3.8, 4) is 0 Å². The van der Waals surface area contributed by atoms with Crippen LogP contribution >= 0.6 is 0 Å². The van der Waals surface area contributed by atoms with Crippen molar-refractivity contribution in [2.45, 2.75) is 25.5 Å². The number of benzene rings is 2. The molecule has 2 aromatic rings. The van der Waals surface area contributed by atoms with Gasteiger partial charge in [0.1, 0.15) is 11.6 Å². The van der Waals surface area contributed by atoms with Gasteiger partial charge in [-0.1, -0.05) is 24.3 Å². The van der Waals surface area contributed by atoms with Crippen LogP contribution in [0.15, 0.2) is 42.5 Å². The van der Waals surface area contributed by atoms with Crippen LogP contribution in [0.1, 0.15) is 24.0 Å². The Kier molecular flexibility index (Phi) is 6.10. The molecule has 0 radical (unpaired) electrons. The van der Waals surface area contributed by atoms with Crippen LogP contribution in [0.4, 0.5) is 14.5 Å². The molecule has 1 aliphatic heterocycles. The van der Waals surface area contributed by atoms with Crippen LogP contribution in [-0.4, -0.2) is 31.7 Å². The third-order valence-electron chi connectivity index (χ3n) is 5.01. The van der Waals surface area contributed by atoms with Gasteiger partial charge in [0.2, 0.25) is 15.9 Å². The number of amides is 1. The van der Waals surface area contributed by atoms with Gasteiger partial charge in [-0.2, -0.15) is 0 Å². The Morgan fingerprint density at radius 2 is 1.82 bits per heavy atom. The summed E-state index contributed by atoms with van der Waals surface area (Å²) >= 11 is 0. The van der Waals surface area contributed by atoms with E-state index in [4.69, 9.17) is 0 Å². The molecule has 150 valence electrons. The summed E-state index contributed by atoms with van der Waals surface area (Å²) in [5.74, 6) is -2.44. The van der Waals surface area contributed by atoms with Crippen molar-refractivity contribution in [3.63, 3.8) is 0 Å². The number of nitrogens with one attached hydrogen (secondary N) is 1. The van der Waals surface area contributed by atoms with Crippen molar-refractivity contribution in [2.75, 3.05) is 18.4 Å². The maximum absolute atomic E-state index is 13.7. The number of sulfonamides is 1. The van der Waals surface area contributed by atoms with Gasteiger partial charge in [-0.3, -0.25) is 4.79 Å². The second kappa shape index (κ2) is 8.36. The van der Waals surface area contributed by atoms with E-state index in [1.807, 2.05) is 25.1 Å². The number of hydrogen-bond donors (Lipinski definition) is 1. The summed E-state index contributed by atoms with van der Waals surface area (Å²) in [6.45, 7) is 2.34. The molecule has 8 heteroatoms. The van der Waals surface area contributed by atoms with Gasteiger partial charge in [-0.15, -0.1) is 0 Å². The minimum absolute atomic E-state index is 0.0721. The van der Waals surface area contributed by atoms with Crippen LogP contribution in [0.5, 0.6) is 0 Å². The average molecular weight is 408 g/mol. The molecule has 1 aliphatic rings. The summed E-state index contributed by atoms with van der Waals surface area (Å²) in [7, 11) is -3.48. The Morgan fingerprint density at radius 3 is 2.46 bits per heavy atom. The molecule has 1 saturated heterocycles. The fraction of sp³-hybridized carbons (Fsp3) is 0.350. The summed E-state index contributed by atoms with van der Waals surface area (Å²) in [4.78, 5) is 12.4. The molecule has 0 spiro atoms. The van der Waals surface area contributed by atoms with Crippen molar-refractivity contribution in [1.82, 2.24) is 4.31 Å². The van der Waals surface area contributed by atoms with E-state index in [-0.39, 0.29) is 30.4 Å². The van der Waals surface area contributed by atoms with Crippen molar-refractivity contribution in [1.29, 1.82) is 0 Å². The monoisotopic (exact) mass is 408 g/mol. The Morgan fingerprint density at radius 1 is 1.14 bits per heavy atom. The summed E-state index contributed by atoms with van der Waals surface area (Å²) in [6.07, 6.45) is 0.698. The first-order valence-corrected chi connectivity index (χ1v) is 10.7. The number of carbonyl (C=O) groups is 1. The molecule has 1 fully saturated rings. The molecule has 3 rings (SSSR count). The number of halogens is 2. The number of anilines is 1. The van der Waals surface area contributed by atoms with Gasteiger partial charge in [-0.05, 0) is 43.0 Å². The van der Waals surface area contributed by atoms with Crippen molar-refractivity contribution < 1.29 is 22.0 Å². The average Bonchev–Trinajstić information content (AvgIpc) is 2.66. The smallest absolute Gasteiger partial charge is 0.227 e. The molecule has 0 bridgehead atoms. The van der Waals surface area contributed by atoms with Gasteiger partial charge in [0, 0.05) is 25.1 Å². The predicted molar refractivity (Wildman–Crippen MR) is 103 cm³/mol. The highest BCUT2D eigenvalue weighted by Crippen LogP contribution is 2.24. The first-order chi connectivity index (χ1) is 13.3. The maximum atomic E-state index is 13.7. The van der Waals surface area contributed by atoms with Gasteiger partial charge in [0.25, 0.3) is 0 Å². The minimum Gasteiger partial charge on any atom is -0.323 e. The van der Waals surface area contributed by atoms with E-state index in [9.17, 15) is 22.0 Å². The fourth-order valence-electron chi connectivity index (χ4n) is 3.28. The van der Waals surface area contributed by atoms with E-state index in [1.165, 1.54) is 10.4 Å². The van der Waals surface area contributed by atoms with Gasteiger partial charge in [0.05, 0.1) is 11.4 Å². The van der Waals surface area contributed by atoms with Crippen LogP contribution in [0.3, 0.4) is 0 Å². The summed E-state index contributed by atoms with van der Waals surface area (Å²) in [5.41, 5.74) is 1.59. The largest absolute Gasteiger partial charge is 0.323 e. The van der Waals surface area contributed by atoms with E-state index in [2.05, 4.69) is 5.32 Å². The standard InChI is InChI=1S/C20H22F2N2O3S/c1-14-4-2-3-5-16(14)13-28(26,27)24-10-8-15(9-11-24)20(25)23-19-7-6-17(21)12-18(19)22/h2-7,12,15H,8-11,13H2,1H3,(H,23,25). The molecule has 0 saturated carbocycles. The Labute approximate surface area is 163 Å². The molecule has 1 heterocycles. The Hall–Kier alpha value is -2.32. The first kappa shape index (κ1) is 20.4. The Balaban J connectivity index is 1.59. The number of rotatable bonds is 5. The summed E-state index contributed by atoms with van der Waals surface area (Å²) in [5, 5.41) is 2.46. The number of aryl methyl sites for hydroxylation is 1. The second-order valence-corrected chi connectivity index (χ2v) is 8.94. The molecular formula is C20H22F2N2O3S. The minimum atomic E-state index is -3.48. The lowest BCUT2D eigenvalue weighted by atomic mass is 9.97. The third kappa shape index (κ3) is 4.74. The molecule has 0 unspecified atom stereocenters. The molecular weight excluding hydrogens is 386 g/mol. The maximum Gasteiger partial charge on any atom is 0.227 e. The highest BCUT2D eigenvalue weighted by molar-refractivity contribution is 7.88. The van der Waals surface area contributed by atoms with E-state index in [1.54, 1.807) is 6.07 Å². The van der Waals surface area contributed by atoms with Crippen molar-refractivity contribution >= 4 is 21.6 Å². The highest BCUT2D eigenvalue weighted by Gasteiger charge is 2.31. The molecule has 2 aromatic carbocycles. The summed E-state index contributed by atoms with van der Waals surface area (Å²) < 4.78 is 53.4. The van der Waals surface area contributed by atoms with E-state index >= 15 is 0 Å². The number of piperidine rings is 1. The normalized spacial score (nSPS) is 16.1. The van der Waals surface area contributed by atoms with Crippen LogP contribution in [-0.2, 0) is 20.6 Å². The number of nitrogens with zero attached hydrogens (tertiary/aromatic N) is 1. The predicted octanol–water partition coefficient (Wildman–Crippen LogP) is 3.45. The van der Waals surface area contributed by atoms with E-state index in [0.29, 0.717) is 18.9 Å². The van der Waals surface area contributed by atoms with Gasteiger partial charge in [0.15, 0.2) is 0 Å². The van der Waals surface area contributed by atoms with Gasteiger partial charge in [-0.25, -0.2) is 21.5 Å². The molecule has 0 aliphatic carbocycles. The zero-order valence-corrected chi connectivity index (χ0v) is 16.3. The van der Waals surface area contributed by atoms with Crippen LogP contribution < -0.4 is 5.32 Å². The zero-order chi connectivity index (χ0) is 20.3. The van der Waals surface area contributed by atoms with Gasteiger partial charge < -0.3 is 5.32 Å². The molecule has 28 heavy (non-hydrogen) atoms. The van der Waals surface area contributed by atoms with Crippen LogP contribution in [0.25, 0.3) is 0 Å². The molecule has 1 N–H and O–H groups in total. The fourth-order valence-corrected chi connectivity index (χ4v) is 4.95. The van der Waals surface area contributed by atoms with Crippen LogP contribution in [0, 0.1) is 24.5 Å². The molecule has 5 nitrogen and oxygen atoms in total. The van der Waals surface area contributed by atoms with E-state index < -0.39 is 27.6 Å². The number of carbonyl (C=O) groups excluding carboxylic acids is 1. The quantitative estimate of drug-likeness (QED) is 0.824. The SMILES string of the molecule is Cc1ccccc1CS(=O)(=O)N1CCC(C(=O)Nc2ccc(F)cc2F)CC1. The lowest BCUT2D eigenvalue weighted by Gasteiger charge is -2.30. The topological polar surface area (TPSA) is 66.5 Å². The highest BCUT2D eigenvalue weighted by atomic mass is 32.2. The molecule has 0 aromatic heterocycles. The zero-order valence-electron chi connectivity index (χ0n) is 15.5. The molecule has 0 atom stereocenters. The Bertz CT molecular complexity index is 971. The van der Waals surface area contributed by atoms with Gasteiger partial charge >= 0.3 is 0 Å². The summed E-state index contributed by atoms with van der Waals surface area (Å²) in [6, 6.07) is 10.3. The second-order valence-electron chi connectivity index (χ2n) is 6.97.